The fraction of sp³-hybridized carbons (Fsp3) is 0.133. The number of nitrogen functional groups attached to an aromatic ring is 1. The number of nitrogens with two attached hydrogens (primary N) is 1. The van der Waals surface area contributed by atoms with Crippen LogP contribution in [0, 0.1) is 5.41 Å². The highest BCUT2D eigenvalue weighted by atomic mass is 35.5. The van der Waals surface area contributed by atoms with E-state index in [2.05, 4.69) is 0 Å². The molecule has 0 radical (unpaired) electrons. The Labute approximate surface area is 125 Å². The first-order valence-electron chi connectivity index (χ1n) is 6.10. The maximum atomic E-state index is 14.0. The third-order valence-electron chi connectivity index (χ3n) is 2.85. The summed E-state index contributed by atoms with van der Waals surface area (Å²) in [5.74, 6) is -3.15. The van der Waals surface area contributed by atoms with E-state index < -0.39 is 12.5 Å². The lowest BCUT2D eigenvalue weighted by atomic mass is 10.1. The van der Waals surface area contributed by atoms with Gasteiger partial charge in [0.05, 0.1) is 5.02 Å². The van der Waals surface area contributed by atoms with Crippen LogP contribution in [0.1, 0.15) is 11.1 Å². The second-order valence-electron chi connectivity index (χ2n) is 4.42. The average Bonchev–Trinajstić information content (AvgIpc) is 2.46. The predicted molar refractivity (Wildman–Crippen MR) is 78.3 cm³/mol. The number of nitrogens with one attached hydrogen (secondary N) is 1. The summed E-state index contributed by atoms with van der Waals surface area (Å²) in [6.07, 6.45) is 0. The van der Waals surface area contributed by atoms with Crippen molar-refractivity contribution in [3.8, 4) is 5.75 Å². The number of ether oxygens (including phenoxy) is 1. The van der Waals surface area contributed by atoms with Crippen molar-refractivity contribution in [1.82, 2.24) is 0 Å². The second kappa shape index (κ2) is 6.10. The molecule has 110 valence electrons. The minimum Gasteiger partial charge on any atom is -0.485 e. The molecule has 0 heterocycles. The molecular formula is C15H13ClF2N2O. The number of rotatable bonds is 5. The molecule has 21 heavy (non-hydrogen) atoms. The molecule has 0 bridgehead atoms. The molecule has 0 saturated carbocycles. The number of alkyl halides is 2. The number of amidine groups is 1. The largest absolute Gasteiger partial charge is 0.485 e. The zero-order chi connectivity index (χ0) is 15.5. The standard InChI is InChI=1S/C15H13ClF2N2O/c16-12-8-10(14(19)20)6-7-13(12)21-9-15(17,18)11-4-2-1-3-5-11/h1-8H,9H2,(H3,19,20). The smallest absolute Gasteiger partial charge is 0.306 e. The van der Waals surface area contributed by atoms with Crippen LogP contribution in [0.25, 0.3) is 0 Å². The van der Waals surface area contributed by atoms with Gasteiger partial charge in [0.1, 0.15) is 11.6 Å². The minimum absolute atomic E-state index is 0.122. The maximum absolute atomic E-state index is 14.0. The Morgan fingerprint density at radius 2 is 1.86 bits per heavy atom. The van der Waals surface area contributed by atoms with Crippen molar-refractivity contribution in [2.75, 3.05) is 6.61 Å². The van der Waals surface area contributed by atoms with Crippen molar-refractivity contribution in [2.24, 2.45) is 5.73 Å². The second-order valence-corrected chi connectivity index (χ2v) is 4.83. The summed E-state index contributed by atoms with van der Waals surface area (Å²) < 4.78 is 33.0. The molecular weight excluding hydrogens is 298 g/mol. The highest BCUT2D eigenvalue weighted by Crippen LogP contribution is 2.31. The summed E-state index contributed by atoms with van der Waals surface area (Å²) in [5, 5.41) is 7.41. The van der Waals surface area contributed by atoms with Gasteiger partial charge in [0, 0.05) is 11.1 Å². The fourth-order valence-electron chi connectivity index (χ4n) is 1.72. The van der Waals surface area contributed by atoms with Gasteiger partial charge in [-0.05, 0) is 18.2 Å². The summed E-state index contributed by atoms with van der Waals surface area (Å²) in [5.41, 5.74) is 5.60. The van der Waals surface area contributed by atoms with Gasteiger partial charge in [-0.1, -0.05) is 41.9 Å². The van der Waals surface area contributed by atoms with E-state index >= 15 is 0 Å². The Bertz CT molecular complexity index is 647. The van der Waals surface area contributed by atoms with Crippen molar-refractivity contribution in [3.63, 3.8) is 0 Å². The third-order valence-corrected chi connectivity index (χ3v) is 3.14. The highest BCUT2D eigenvalue weighted by Gasteiger charge is 2.32. The van der Waals surface area contributed by atoms with E-state index in [1.807, 2.05) is 0 Å². The summed E-state index contributed by atoms with van der Waals surface area (Å²) >= 11 is 5.93. The van der Waals surface area contributed by atoms with E-state index in [1.165, 1.54) is 42.5 Å². The monoisotopic (exact) mass is 310 g/mol. The van der Waals surface area contributed by atoms with Crippen LogP contribution < -0.4 is 10.5 Å². The molecule has 0 spiro atoms. The molecule has 2 aromatic rings. The Morgan fingerprint density at radius 1 is 1.19 bits per heavy atom. The molecule has 0 fully saturated rings. The van der Waals surface area contributed by atoms with Gasteiger partial charge >= 0.3 is 5.92 Å². The molecule has 6 heteroatoms. The lowest BCUT2D eigenvalue weighted by Gasteiger charge is -2.18. The van der Waals surface area contributed by atoms with Gasteiger partial charge in [-0.15, -0.1) is 0 Å². The van der Waals surface area contributed by atoms with E-state index in [1.54, 1.807) is 6.07 Å². The SMILES string of the molecule is N=C(N)c1ccc(OCC(F)(F)c2ccccc2)c(Cl)c1. The van der Waals surface area contributed by atoms with Crippen LogP contribution in [-0.2, 0) is 5.92 Å². The molecule has 3 nitrogen and oxygen atoms in total. The first kappa shape index (κ1) is 15.3. The molecule has 0 aliphatic rings. The van der Waals surface area contributed by atoms with Crippen molar-refractivity contribution >= 4 is 17.4 Å². The number of hydrogen-bond donors (Lipinski definition) is 2. The molecule has 3 N–H and O–H groups in total. The van der Waals surface area contributed by atoms with Gasteiger partial charge in [-0.2, -0.15) is 8.78 Å². The Kier molecular flexibility index (Phi) is 4.43. The van der Waals surface area contributed by atoms with Gasteiger partial charge in [0.15, 0.2) is 6.61 Å². The Hall–Kier alpha value is -2.14. The van der Waals surface area contributed by atoms with Crippen LogP contribution in [0.15, 0.2) is 48.5 Å². The van der Waals surface area contributed by atoms with E-state index in [0.29, 0.717) is 5.56 Å². The van der Waals surface area contributed by atoms with Crippen LogP contribution in [0.3, 0.4) is 0 Å². The Morgan fingerprint density at radius 3 is 2.43 bits per heavy atom. The normalized spacial score (nSPS) is 11.2. The first-order valence-corrected chi connectivity index (χ1v) is 6.48. The topological polar surface area (TPSA) is 59.1 Å². The molecule has 2 rings (SSSR count). The fourth-order valence-corrected chi connectivity index (χ4v) is 1.95. The van der Waals surface area contributed by atoms with Crippen LogP contribution in [-0.4, -0.2) is 12.4 Å². The summed E-state index contributed by atoms with van der Waals surface area (Å²) in [7, 11) is 0. The molecule has 0 amide bonds. The average molecular weight is 311 g/mol. The zero-order valence-corrected chi connectivity index (χ0v) is 11.7. The van der Waals surface area contributed by atoms with E-state index in [0.717, 1.165) is 0 Å². The molecule has 0 atom stereocenters. The Balaban J connectivity index is 2.11. The van der Waals surface area contributed by atoms with Crippen LogP contribution in [0.4, 0.5) is 8.78 Å². The predicted octanol–water partition coefficient (Wildman–Crippen LogP) is 3.79. The summed E-state index contributed by atoms with van der Waals surface area (Å²) in [6.45, 7) is -0.823. The van der Waals surface area contributed by atoms with E-state index in [-0.39, 0.29) is 22.2 Å². The molecule has 0 saturated heterocycles. The van der Waals surface area contributed by atoms with Crippen molar-refractivity contribution in [3.05, 3.63) is 64.7 Å². The first-order chi connectivity index (χ1) is 9.90. The van der Waals surface area contributed by atoms with Crippen LogP contribution in [0.5, 0.6) is 5.75 Å². The molecule has 0 aromatic heterocycles. The molecule has 0 unspecified atom stereocenters. The van der Waals surface area contributed by atoms with Crippen LogP contribution in [0.2, 0.25) is 5.02 Å². The van der Waals surface area contributed by atoms with Crippen molar-refractivity contribution in [2.45, 2.75) is 5.92 Å². The lowest BCUT2D eigenvalue weighted by Crippen LogP contribution is -2.23. The molecule has 2 aromatic carbocycles. The van der Waals surface area contributed by atoms with Gasteiger partial charge in [0.2, 0.25) is 0 Å². The summed E-state index contributed by atoms with van der Waals surface area (Å²) in [6, 6.07) is 11.7. The molecule has 0 aliphatic heterocycles. The number of benzene rings is 2. The number of hydrogen-bond acceptors (Lipinski definition) is 2. The van der Waals surface area contributed by atoms with E-state index in [4.69, 9.17) is 27.5 Å². The van der Waals surface area contributed by atoms with E-state index in [9.17, 15) is 8.78 Å². The van der Waals surface area contributed by atoms with Crippen LogP contribution >= 0.6 is 11.6 Å². The minimum atomic E-state index is -3.12. The zero-order valence-electron chi connectivity index (χ0n) is 10.9. The van der Waals surface area contributed by atoms with Gasteiger partial charge < -0.3 is 10.5 Å². The highest BCUT2D eigenvalue weighted by molar-refractivity contribution is 6.32. The lowest BCUT2D eigenvalue weighted by molar-refractivity contribution is -0.0466. The van der Waals surface area contributed by atoms with Crippen molar-refractivity contribution < 1.29 is 13.5 Å². The maximum Gasteiger partial charge on any atom is 0.306 e. The number of halogens is 3. The van der Waals surface area contributed by atoms with Gasteiger partial charge in [-0.3, -0.25) is 5.41 Å². The quantitative estimate of drug-likeness (QED) is 0.652. The van der Waals surface area contributed by atoms with Gasteiger partial charge in [-0.25, -0.2) is 0 Å². The van der Waals surface area contributed by atoms with Crippen molar-refractivity contribution in [1.29, 1.82) is 5.41 Å². The summed E-state index contributed by atoms with van der Waals surface area (Å²) in [4.78, 5) is 0. The third kappa shape index (κ3) is 3.70. The molecule has 0 aliphatic carbocycles. The van der Waals surface area contributed by atoms with Gasteiger partial charge in [0.25, 0.3) is 0 Å².